The molecule has 0 unspecified atom stereocenters. The van der Waals surface area contributed by atoms with Crippen LogP contribution in [0.1, 0.15) is 30.4 Å². The van der Waals surface area contributed by atoms with Crippen LogP contribution < -0.4 is 5.32 Å². The summed E-state index contributed by atoms with van der Waals surface area (Å²) >= 11 is 0. The topological polar surface area (TPSA) is 89.2 Å². The number of carbonyl (C=O) groups is 2. The summed E-state index contributed by atoms with van der Waals surface area (Å²) in [6, 6.07) is 14.1. The molecule has 10 heteroatoms. The van der Waals surface area contributed by atoms with Gasteiger partial charge in [0.05, 0.1) is 28.4 Å². The number of carboxylic acid groups (broad SMARTS) is 1. The van der Waals surface area contributed by atoms with Gasteiger partial charge in [-0.05, 0) is 38.1 Å². The molecule has 3 heterocycles. The lowest BCUT2D eigenvalue weighted by Gasteiger charge is -2.14. The SMILES string of the molecule is CC(C)n1c(C(=O)Nc2cccnc2)cc2c1c1ccccc1n2C.O=C(O)C(F)(F)F. The summed E-state index contributed by atoms with van der Waals surface area (Å²) in [5, 5.41) is 11.2. The van der Waals surface area contributed by atoms with E-state index in [1.165, 1.54) is 5.52 Å². The lowest BCUT2D eigenvalue weighted by molar-refractivity contribution is -0.192. The number of hydrogen-bond acceptors (Lipinski definition) is 3. The normalized spacial score (nSPS) is 11.5. The second-order valence-corrected chi connectivity index (χ2v) is 7.30. The Kier molecular flexibility index (Phi) is 6.24. The van der Waals surface area contributed by atoms with Gasteiger partial charge in [-0.15, -0.1) is 0 Å². The van der Waals surface area contributed by atoms with E-state index in [4.69, 9.17) is 9.90 Å². The van der Waals surface area contributed by atoms with E-state index in [1.54, 1.807) is 18.5 Å². The minimum Gasteiger partial charge on any atom is -0.475 e. The molecule has 2 N–H and O–H groups in total. The van der Waals surface area contributed by atoms with Crippen molar-refractivity contribution in [3.8, 4) is 0 Å². The van der Waals surface area contributed by atoms with Gasteiger partial charge in [0.15, 0.2) is 0 Å². The van der Waals surface area contributed by atoms with Gasteiger partial charge < -0.3 is 19.6 Å². The van der Waals surface area contributed by atoms with Crippen LogP contribution in [0.25, 0.3) is 21.9 Å². The van der Waals surface area contributed by atoms with Crippen LogP contribution in [0.3, 0.4) is 0 Å². The lowest BCUT2D eigenvalue weighted by atomic mass is 10.2. The molecule has 1 amide bonds. The van der Waals surface area contributed by atoms with Crippen molar-refractivity contribution in [1.82, 2.24) is 14.1 Å². The largest absolute Gasteiger partial charge is 0.490 e. The molecule has 0 saturated carbocycles. The third kappa shape index (κ3) is 4.43. The standard InChI is InChI=1S/C20H20N4O.C2HF3O2/c1-13(2)24-18(20(25)22-14-7-6-10-21-12-14)11-17-19(24)15-8-4-5-9-16(15)23(17)3;3-2(4,5)1(6)7/h4-13H,1-3H3,(H,22,25);(H,6,7). The van der Waals surface area contributed by atoms with E-state index in [-0.39, 0.29) is 11.9 Å². The first-order valence-electron chi connectivity index (χ1n) is 9.62. The Hall–Kier alpha value is -3.82. The van der Waals surface area contributed by atoms with E-state index in [2.05, 4.69) is 45.4 Å². The Morgan fingerprint density at radius 1 is 1.09 bits per heavy atom. The molecule has 0 aliphatic carbocycles. The quantitative estimate of drug-likeness (QED) is 0.464. The number of aryl methyl sites for hydroxylation is 1. The predicted octanol–water partition coefficient (Wildman–Crippen LogP) is 4.99. The first-order valence-corrected chi connectivity index (χ1v) is 9.62. The van der Waals surface area contributed by atoms with Crippen LogP contribution in [0.5, 0.6) is 0 Å². The van der Waals surface area contributed by atoms with Crippen molar-refractivity contribution in [2.24, 2.45) is 7.05 Å². The highest BCUT2D eigenvalue weighted by Crippen LogP contribution is 2.33. The van der Waals surface area contributed by atoms with Gasteiger partial charge in [0.1, 0.15) is 5.69 Å². The van der Waals surface area contributed by atoms with Crippen LogP contribution in [0.15, 0.2) is 54.9 Å². The summed E-state index contributed by atoms with van der Waals surface area (Å²) in [7, 11) is 2.04. The third-order valence-electron chi connectivity index (χ3n) is 4.81. The van der Waals surface area contributed by atoms with Crippen molar-refractivity contribution in [3.05, 3.63) is 60.6 Å². The lowest BCUT2D eigenvalue weighted by Crippen LogP contribution is -2.21. The molecular weight excluding hydrogens is 425 g/mol. The van der Waals surface area contributed by atoms with Crippen molar-refractivity contribution in [2.75, 3.05) is 5.32 Å². The second-order valence-electron chi connectivity index (χ2n) is 7.30. The van der Waals surface area contributed by atoms with Gasteiger partial charge in [-0.25, -0.2) is 4.79 Å². The summed E-state index contributed by atoms with van der Waals surface area (Å²) < 4.78 is 36.0. The van der Waals surface area contributed by atoms with Gasteiger partial charge in [-0.3, -0.25) is 9.78 Å². The van der Waals surface area contributed by atoms with E-state index < -0.39 is 12.1 Å². The van der Waals surface area contributed by atoms with Crippen molar-refractivity contribution in [3.63, 3.8) is 0 Å². The molecule has 3 aromatic heterocycles. The van der Waals surface area contributed by atoms with Crippen molar-refractivity contribution in [1.29, 1.82) is 0 Å². The molecule has 0 aliphatic heterocycles. The first-order chi connectivity index (χ1) is 15.0. The van der Waals surface area contributed by atoms with E-state index in [0.717, 1.165) is 16.4 Å². The summed E-state index contributed by atoms with van der Waals surface area (Å²) in [6.45, 7) is 4.20. The fourth-order valence-electron chi connectivity index (χ4n) is 3.47. The monoisotopic (exact) mass is 446 g/mol. The maximum Gasteiger partial charge on any atom is 0.490 e. The maximum absolute atomic E-state index is 12.9. The summed E-state index contributed by atoms with van der Waals surface area (Å²) in [5.74, 6) is -2.88. The Morgan fingerprint density at radius 2 is 1.75 bits per heavy atom. The zero-order valence-electron chi connectivity index (χ0n) is 17.5. The summed E-state index contributed by atoms with van der Waals surface area (Å²) in [5.41, 5.74) is 4.68. The molecule has 0 atom stereocenters. The first kappa shape index (κ1) is 22.9. The number of anilines is 1. The van der Waals surface area contributed by atoms with E-state index >= 15 is 0 Å². The number of nitrogens with zero attached hydrogens (tertiary/aromatic N) is 3. The molecule has 7 nitrogen and oxygen atoms in total. The minimum atomic E-state index is -5.08. The highest BCUT2D eigenvalue weighted by Gasteiger charge is 2.38. The molecule has 32 heavy (non-hydrogen) atoms. The third-order valence-corrected chi connectivity index (χ3v) is 4.81. The Bertz CT molecular complexity index is 1270. The number of alkyl halides is 3. The Labute approximate surface area is 181 Å². The molecule has 0 fully saturated rings. The number of aliphatic carboxylic acids is 1. The molecule has 0 aliphatic rings. The molecule has 0 spiro atoms. The Balaban J connectivity index is 0.000000360. The van der Waals surface area contributed by atoms with Crippen LogP contribution in [-0.2, 0) is 11.8 Å². The van der Waals surface area contributed by atoms with E-state index in [1.807, 2.05) is 31.3 Å². The number of nitrogens with one attached hydrogen (secondary N) is 1. The van der Waals surface area contributed by atoms with Gasteiger partial charge in [0.25, 0.3) is 5.91 Å². The highest BCUT2D eigenvalue weighted by molar-refractivity contribution is 6.12. The molecule has 0 bridgehead atoms. The smallest absolute Gasteiger partial charge is 0.475 e. The number of fused-ring (bicyclic) bond motifs is 3. The van der Waals surface area contributed by atoms with Crippen LogP contribution in [0, 0.1) is 0 Å². The van der Waals surface area contributed by atoms with Crippen LogP contribution in [0.4, 0.5) is 18.9 Å². The molecule has 1 aromatic carbocycles. The second kappa shape index (κ2) is 8.74. The van der Waals surface area contributed by atoms with E-state index in [9.17, 15) is 18.0 Å². The fourth-order valence-corrected chi connectivity index (χ4v) is 3.47. The summed E-state index contributed by atoms with van der Waals surface area (Å²) in [4.78, 5) is 25.8. The fraction of sp³-hybridized carbons (Fsp3) is 0.227. The van der Waals surface area contributed by atoms with Crippen LogP contribution in [-0.4, -0.2) is 37.3 Å². The maximum atomic E-state index is 12.9. The minimum absolute atomic E-state index is 0.123. The average molecular weight is 446 g/mol. The number of benzene rings is 1. The number of para-hydroxylation sites is 1. The number of pyridine rings is 1. The van der Waals surface area contributed by atoms with Gasteiger partial charge in [-0.2, -0.15) is 13.2 Å². The van der Waals surface area contributed by atoms with Crippen LogP contribution in [0.2, 0.25) is 0 Å². The summed E-state index contributed by atoms with van der Waals surface area (Å²) in [6.07, 6.45) is -1.75. The van der Waals surface area contributed by atoms with Gasteiger partial charge in [0, 0.05) is 24.7 Å². The van der Waals surface area contributed by atoms with Crippen molar-refractivity contribution < 1.29 is 27.9 Å². The predicted molar refractivity (Wildman–Crippen MR) is 115 cm³/mol. The Morgan fingerprint density at radius 3 is 2.31 bits per heavy atom. The van der Waals surface area contributed by atoms with Gasteiger partial charge >= 0.3 is 12.1 Å². The van der Waals surface area contributed by atoms with Gasteiger partial charge in [0.2, 0.25) is 0 Å². The zero-order valence-corrected chi connectivity index (χ0v) is 17.5. The van der Waals surface area contributed by atoms with Crippen molar-refractivity contribution >= 4 is 39.5 Å². The number of halogens is 3. The highest BCUT2D eigenvalue weighted by atomic mass is 19.4. The number of carboxylic acids is 1. The molecule has 4 rings (SSSR count). The zero-order chi connectivity index (χ0) is 23.6. The van der Waals surface area contributed by atoms with Crippen LogP contribution >= 0.6 is 0 Å². The molecular formula is C22H21F3N4O3. The number of rotatable bonds is 3. The average Bonchev–Trinajstić information content (AvgIpc) is 3.25. The molecule has 0 saturated heterocycles. The molecule has 4 aromatic rings. The molecule has 168 valence electrons. The number of carbonyl (C=O) groups excluding carboxylic acids is 1. The molecule has 0 radical (unpaired) electrons. The number of hydrogen-bond donors (Lipinski definition) is 2. The number of amides is 1. The van der Waals surface area contributed by atoms with Crippen molar-refractivity contribution in [2.45, 2.75) is 26.1 Å². The number of aromatic nitrogens is 3. The van der Waals surface area contributed by atoms with Gasteiger partial charge in [-0.1, -0.05) is 18.2 Å². The van der Waals surface area contributed by atoms with E-state index in [0.29, 0.717) is 11.4 Å².